The first-order valence-electron chi connectivity index (χ1n) is 21.6. The summed E-state index contributed by atoms with van der Waals surface area (Å²) in [5.74, 6) is -1.07. The first kappa shape index (κ1) is 58.1. The number of aromatic nitrogens is 4. The van der Waals surface area contributed by atoms with E-state index in [9.17, 15) is 57.9 Å². The molecule has 1 fully saturated rings. The van der Waals surface area contributed by atoms with Gasteiger partial charge >= 0.3 is 23.5 Å². The number of rotatable bonds is 32. The van der Waals surface area contributed by atoms with Gasteiger partial charge < -0.3 is 50.9 Å². The first-order chi connectivity index (χ1) is 31.6. The SMILES string of the molecule is CCCCC/C=C\C/C=C\C/C=C\CCCCC(=O)SCCNC(=O)CCNC(=O)[C@H](O)C(C)(C)COP(=O)(O)OP(=O)(O)OC[C@H]1O[C@@H](n2cnc3c(N)ncnc32)[C@H](O)[C@@H]1OP(=O)(O)O. The van der Waals surface area contributed by atoms with Crippen molar-refractivity contribution in [3.63, 3.8) is 0 Å². The monoisotopic (exact) mass is 1030 g/mol. The van der Waals surface area contributed by atoms with Gasteiger partial charge in [0.15, 0.2) is 22.8 Å². The summed E-state index contributed by atoms with van der Waals surface area (Å²) in [4.78, 5) is 88.3. The standard InChI is InChI=1S/C39H64N7O17P3S/c1-4-5-6-7-8-9-10-11-12-13-14-15-16-17-18-19-30(48)67-23-22-41-29(47)20-21-42-37(51)34(50)39(2,3)25-60-66(57,58)63-65(55,56)59-24-28-33(62-64(52,53)54)32(49)38(61-28)46-27-45-31-35(40)43-26-44-36(31)46/h8-9,11-12,14-15,26-28,32-34,38,49-50H,4-7,10,13,16-25H2,1-3H3,(H,41,47)(H,42,51)(H,55,56)(H,57,58)(H2,40,43,44)(H2,52,53,54)/b9-8-,12-11-,15-14-/t28-,32-,33-,34+,38-/m1/s1. The Balaban J connectivity index is 1.32. The van der Waals surface area contributed by atoms with Crippen LogP contribution in [0.5, 0.6) is 0 Å². The van der Waals surface area contributed by atoms with Crippen LogP contribution in [0.2, 0.25) is 0 Å². The molecule has 10 N–H and O–H groups in total. The van der Waals surface area contributed by atoms with Gasteiger partial charge in [0.1, 0.15) is 36.3 Å². The van der Waals surface area contributed by atoms with Gasteiger partial charge in [-0.25, -0.2) is 28.6 Å². The molecule has 0 radical (unpaired) electrons. The molecule has 378 valence electrons. The highest BCUT2D eigenvalue weighted by Gasteiger charge is 2.50. The van der Waals surface area contributed by atoms with Crippen molar-refractivity contribution in [3.05, 3.63) is 49.1 Å². The van der Waals surface area contributed by atoms with Gasteiger partial charge in [0.2, 0.25) is 11.8 Å². The van der Waals surface area contributed by atoms with Crippen LogP contribution >= 0.6 is 35.2 Å². The van der Waals surface area contributed by atoms with Crippen molar-refractivity contribution in [2.75, 3.05) is 37.8 Å². The van der Waals surface area contributed by atoms with Gasteiger partial charge in [-0.05, 0) is 44.9 Å². The number of hydrogen-bond donors (Lipinski definition) is 9. The molecular weight excluding hydrogens is 963 g/mol. The second-order valence-corrected chi connectivity index (χ2v) is 21.3. The number of anilines is 1. The topological polar surface area (TPSA) is 364 Å². The van der Waals surface area contributed by atoms with E-state index in [0.717, 1.165) is 67.5 Å². The molecule has 1 saturated heterocycles. The second kappa shape index (κ2) is 28.4. The smallest absolute Gasteiger partial charge is 0.386 e. The van der Waals surface area contributed by atoms with Crippen LogP contribution in [0.1, 0.15) is 97.6 Å². The molecule has 2 aromatic heterocycles. The Bertz CT molecular complexity index is 2140. The van der Waals surface area contributed by atoms with E-state index in [4.69, 9.17) is 19.5 Å². The number of allylic oxidation sites excluding steroid dienone is 6. The summed E-state index contributed by atoms with van der Waals surface area (Å²) in [6.45, 7) is 2.72. The van der Waals surface area contributed by atoms with Crippen molar-refractivity contribution in [2.45, 2.75) is 122 Å². The van der Waals surface area contributed by atoms with Gasteiger partial charge in [-0.2, -0.15) is 4.31 Å². The molecule has 0 aromatic carbocycles. The fourth-order valence-corrected chi connectivity index (χ4v) is 9.74. The number of aliphatic hydroxyl groups is 2. The van der Waals surface area contributed by atoms with Crippen molar-refractivity contribution >= 4 is 69.1 Å². The lowest BCUT2D eigenvalue weighted by Gasteiger charge is -2.30. The fourth-order valence-electron chi connectivity index (χ4n) is 6.19. The zero-order chi connectivity index (χ0) is 49.7. The first-order valence-corrected chi connectivity index (χ1v) is 27.1. The number of imidazole rings is 1. The number of amides is 2. The minimum Gasteiger partial charge on any atom is -0.386 e. The van der Waals surface area contributed by atoms with Gasteiger partial charge in [0, 0.05) is 37.1 Å². The van der Waals surface area contributed by atoms with Gasteiger partial charge in [0.25, 0.3) is 0 Å². The number of nitrogens with one attached hydrogen (secondary N) is 2. The maximum Gasteiger partial charge on any atom is 0.481 e. The summed E-state index contributed by atoms with van der Waals surface area (Å²) in [5, 5.41) is 26.6. The molecule has 2 amide bonds. The van der Waals surface area contributed by atoms with E-state index in [-0.39, 0.29) is 41.6 Å². The second-order valence-electron chi connectivity index (χ2n) is 15.9. The summed E-state index contributed by atoms with van der Waals surface area (Å²) in [5.41, 5.74) is 4.28. The highest BCUT2D eigenvalue weighted by atomic mass is 32.2. The molecule has 1 aliphatic heterocycles. The molecule has 0 bridgehead atoms. The Morgan fingerprint density at radius 1 is 0.910 bits per heavy atom. The number of hydrogen-bond acceptors (Lipinski definition) is 18. The Kier molecular flexibility index (Phi) is 24.7. The van der Waals surface area contributed by atoms with E-state index in [0.29, 0.717) is 12.2 Å². The molecule has 28 heteroatoms. The summed E-state index contributed by atoms with van der Waals surface area (Å²) < 4.78 is 62.4. The van der Waals surface area contributed by atoms with E-state index in [1.54, 1.807) is 0 Å². The van der Waals surface area contributed by atoms with Crippen molar-refractivity contribution < 1.29 is 80.5 Å². The third-order valence-corrected chi connectivity index (χ3v) is 13.8. The van der Waals surface area contributed by atoms with Gasteiger partial charge in [-0.15, -0.1) is 0 Å². The van der Waals surface area contributed by atoms with Crippen LogP contribution in [0.25, 0.3) is 11.2 Å². The summed E-state index contributed by atoms with van der Waals surface area (Å²) in [7, 11) is -16.4. The van der Waals surface area contributed by atoms with Crippen LogP contribution in [0.4, 0.5) is 5.82 Å². The number of carbonyl (C=O) groups is 3. The number of nitrogens with two attached hydrogens (primary N) is 1. The highest BCUT2D eigenvalue weighted by Crippen LogP contribution is 2.61. The number of ether oxygens (including phenoxy) is 1. The zero-order valence-electron chi connectivity index (χ0n) is 37.6. The lowest BCUT2D eigenvalue weighted by atomic mass is 9.87. The molecule has 0 aliphatic carbocycles. The van der Waals surface area contributed by atoms with E-state index in [1.807, 2.05) is 0 Å². The number of aliphatic hydroxyl groups excluding tert-OH is 2. The van der Waals surface area contributed by atoms with Crippen molar-refractivity contribution in [2.24, 2.45) is 5.41 Å². The lowest BCUT2D eigenvalue weighted by molar-refractivity contribution is -0.137. The van der Waals surface area contributed by atoms with Crippen molar-refractivity contribution in [1.29, 1.82) is 0 Å². The average molecular weight is 1030 g/mol. The summed E-state index contributed by atoms with van der Waals surface area (Å²) in [6.07, 6.45) is 15.7. The van der Waals surface area contributed by atoms with Gasteiger partial charge in [-0.3, -0.25) is 32.5 Å². The quantitative estimate of drug-likeness (QED) is 0.0281. The number of fused-ring (bicyclic) bond motifs is 1. The molecule has 2 unspecified atom stereocenters. The van der Waals surface area contributed by atoms with E-state index in [2.05, 4.69) is 77.8 Å². The van der Waals surface area contributed by atoms with Gasteiger partial charge in [0.05, 0.1) is 19.5 Å². The molecular formula is C39H64N7O17P3S. The van der Waals surface area contributed by atoms with Crippen molar-refractivity contribution in [1.82, 2.24) is 30.2 Å². The lowest BCUT2D eigenvalue weighted by Crippen LogP contribution is -2.46. The normalized spacial score (nSPS) is 20.4. The maximum atomic E-state index is 12.7. The zero-order valence-corrected chi connectivity index (χ0v) is 41.1. The minimum absolute atomic E-state index is 0.0286. The molecule has 24 nitrogen and oxygen atoms in total. The Labute approximate surface area is 393 Å². The highest BCUT2D eigenvalue weighted by molar-refractivity contribution is 8.13. The minimum atomic E-state index is -5.58. The van der Waals surface area contributed by atoms with E-state index >= 15 is 0 Å². The molecule has 67 heavy (non-hydrogen) atoms. The Morgan fingerprint density at radius 3 is 2.21 bits per heavy atom. The molecule has 0 saturated carbocycles. The number of nitrogens with zero attached hydrogens (tertiary/aromatic N) is 4. The van der Waals surface area contributed by atoms with Crippen molar-refractivity contribution in [3.8, 4) is 0 Å². The van der Waals surface area contributed by atoms with Crippen LogP contribution in [-0.4, -0.2) is 123 Å². The number of nitrogen functional groups attached to an aromatic ring is 1. The number of unbranched alkanes of at least 4 members (excludes halogenated alkanes) is 5. The van der Waals surface area contributed by atoms with Crippen LogP contribution in [-0.2, 0) is 50.7 Å². The van der Waals surface area contributed by atoms with E-state index in [1.165, 1.54) is 33.1 Å². The largest absolute Gasteiger partial charge is 0.481 e. The predicted molar refractivity (Wildman–Crippen MR) is 246 cm³/mol. The summed E-state index contributed by atoms with van der Waals surface area (Å²) >= 11 is 1.12. The van der Waals surface area contributed by atoms with Crippen LogP contribution in [0.3, 0.4) is 0 Å². The molecule has 1 aliphatic rings. The summed E-state index contributed by atoms with van der Waals surface area (Å²) in [6, 6.07) is 0. The van der Waals surface area contributed by atoms with Crippen LogP contribution in [0.15, 0.2) is 49.1 Å². The Morgan fingerprint density at radius 2 is 1.55 bits per heavy atom. The van der Waals surface area contributed by atoms with E-state index < -0.39 is 84.6 Å². The molecule has 3 rings (SSSR count). The number of thioether (sulfide) groups is 1. The molecule has 2 aromatic rings. The molecule has 0 spiro atoms. The van der Waals surface area contributed by atoms with Crippen LogP contribution < -0.4 is 16.4 Å². The number of carbonyl (C=O) groups excluding carboxylic acids is 3. The molecule has 7 atom stereocenters. The third kappa shape index (κ3) is 21.5. The number of phosphoric acid groups is 3. The number of phosphoric ester groups is 3. The predicted octanol–water partition coefficient (Wildman–Crippen LogP) is 4.25. The fraction of sp³-hybridized carbons (Fsp3) is 0.641. The maximum absolute atomic E-state index is 12.7. The van der Waals surface area contributed by atoms with Gasteiger partial charge in [-0.1, -0.05) is 81.8 Å². The molecule has 3 heterocycles. The average Bonchev–Trinajstić information content (AvgIpc) is 3.81. The Hall–Kier alpha value is -3.22. The third-order valence-electron chi connectivity index (χ3n) is 9.79. The van der Waals surface area contributed by atoms with Crippen LogP contribution in [0, 0.1) is 5.41 Å².